The summed E-state index contributed by atoms with van der Waals surface area (Å²) in [6, 6.07) is 1.91. The molecule has 0 radical (unpaired) electrons. The van der Waals surface area contributed by atoms with E-state index >= 15 is 0 Å². The average Bonchev–Trinajstić information content (AvgIpc) is 2.90. The van der Waals surface area contributed by atoms with Gasteiger partial charge >= 0.3 is 0 Å². The van der Waals surface area contributed by atoms with Crippen LogP contribution in [0.1, 0.15) is 32.6 Å². The number of rotatable bonds is 3. The molecule has 0 amide bonds. The first kappa shape index (κ1) is 13.6. The maximum absolute atomic E-state index is 6.18. The van der Waals surface area contributed by atoms with Gasteiger partial charge in [0, 0.05) is 19.2 Å². The van der Waals surface area contributed by atoms with Crippen molar-refractivity contribution in [1.29, 1.82) is 0 Å². The maximum atomic E-state index is 6.18. The van der Waals surface area contributed by atoms with Crippen molar-refractivity contribution in [2.24, 2.45) is 5.92 Å². The molecule has 1 aromatic rings. The van der Waals surface area contributed by atoms with Crippen LogP contribution in [0.5, 0.6) is 5.88 Å². The van der Waals surface area contributed by atoms with Crippen LogP contribution in [0.15, 0.2) is 12.4 Å². The second-order valence-electron chi connectivity index (χ2n) is 5.92. The number of anilines is 1. The largest absolute Gasteiger partial charge is 0.481 e. The summed E-state index contributed by atoms with van der Waals surface area (Å²) in [6.07, 6.45) is 6.29. The van der Waals surface area contributed by atoms with Gasteiger partial charge in [-0.2, -0.15) is 0 Å². The number of nitrogens with zero attached hydrogens (tertiary/aromatic N) is 3. The molecule has 20 heavy (non-hydrogen) atoms. The molecule has 0 aromatic carbocycles. The molecule has 0 aliphatic carbocycles. The van der Waals surface area contributed by atoms with E-state index < -0.39 is 0 Å². The molecule has 2 aliphatic heterocycles. The molecule has 5 heteroatoms. The Labute approximate surface area is 120 Å². The lowest BCUT2D eigenvalue weighted by Gasteiger charge is -2.40. The molecule has 1 spiro atoms. The molecule has 3 rings (SSSR count). The summed E-state index contributed by atoms with van der Waals surface area (Å²) in [5.74, 6) is 2.28. The fourth-order valence-corrected chi connectivity index (χ4v) is 3.39. The Kier molecular flexibility index (Phi) is 3.78. The van der Waals surface area contributed by atoms with Gasteiger partial charge in [-0.1, -0.05) is 13.3 Å². The zero-order valence-electron chi connectivity index (χ0n) is 12.3. The van der Waals surface area contributed by atoms with E-state index in [-0.39, 0.29) is 5.60 Å². The van der Waals surface area contributed by atoms with Crippen LogP contribution >= 0.6 is 0 Å². The van der Waals surface area contributed by atoms with E-state index in [0.29, 0.717) is 5.88 Å². The van der Waals surface area contributed by atoms with Crippen molar-refractivity contribution in [1.82, 2.24) is 9.97 Å². The van der Waals surface area contributed by atoms with Gasteiger partial charge in [0.15, 0.2) is 0 Å². The topological polar surface area (TPSA) is 47.5 Å². The predicted octanol–water partition coefficient (Wildman–Crippen LogP) is 2.27. The van der Waals surface area contributed by atoms with E-state index in [4.69, 9.17) is 9.47 Å². The van der Waals surface area contributed by atoms with Crippen LogP contribution in [0.25, 0.3) is 0 Å². The monoisotopic (exact) mass is 277 g/mol. The number of piperidine rings is 1. The van der Waals surface area contributed by atoms with Crippen LogP contribution in [0.3, 0.4) is 0 Å². The van der Waals surface area contributed by atoms with Gasteiger partial charge in [-0.05, 0) is 25.2 Å². The van der Waals surface area contributed by atoms with E-state index in [1.165, 1.54) is 19.3 Å². The van der Waals surface area contributed by atoms with Crippen molar-refractivity contribution in [3.05, 3.63) is 12.4 Å². The molecule has 5 nitrogen and oxygen atoms in total. The molecule has 2 unspecified atom stereocenters. The van der Waals surface area contributed by atoms with Gasteiger partial charge in [-0.15, -0.1) is 0 Å². The summed E-state index contributed by atoms with van der Waals surface area (Å²) in [5.41, 5.74) is 0.0388. The lowest BCUT2D eigenvalue weighted by atomic mass is 9.86. The lowest BCUT2D eigenvalue weighted by molar-refractivity contribution is -0.00717. The third-order valence-electron chi connectivity index (χ3n) is 4.56. The second-order valence-corrected chi connectivity index (χ2v) is 5.92. The van der Waals surface area contributed by atoms with Gasteiger partial charge in [0.25, 0.3) is 0 Å². The van der Waals surface area contributed by atoms with Gasteiger partial charge in [-0.25, -0.2) is 9.97 Å². The van der Waals surface area contributed by atoms with Crippen molar-refractivity contribution < 1.29 is 9.47 Å². The van der Waals surface area contributed by atoms with Gasteiger partial charge < -0.3 is 14.4 Å². The van der Waals surface area contributed by atoms with Crippen LogP contribution in [0.4, 0.5) is 5.82 Å². The second kappa shape index (κ2) is 5.56. The third kappa shape index (κ3) is 2.59. The summed E-state index contributed by atoms with van der Waals surface area (Å²) in [6.45, 7) is 5.13. The number of aromatic nitrogens is 2. The normalized spacial score (nSPS) is 29.9. The number of methoxy groups -OCH3 is 1. The highest BCUT2D eigenvalue weighted by Gasteiger charge is 2.43. The Balaban J connectivity index is 1.75. The van der Waals surface area contributed by atoms with E-state index in [1.807, 2.05) is 6.07 Å². The Hall–Kier alpha value is -1.36. The number of hydrogen-bond acceptors (Lipinski definition) is 5. The fraction of sp³-hybridized carbons (Fsp3) is 0.733. The zero-order chi connectivity index (χ0) is 14.0. The van der Waals surface area contributed by atoms with Crippen molar-refractivity contribution in [2.75, 3.05) is 31.7 Å². The maximum Gasteiger partial charge on any atom is 0.218 e. The summed E-state index contributed by atoms with van der Waals surface area (Å²) < 4.78 is 11.4. The van der Waals surface area contributed by atoms with Gasteiger partial charge in [0.05, 0.1) is 19.3 Å². The first-order valence-electron chi connectivity index (χ1n) is 7.49. The van der Waals surface area contributed by atoms with Gasteiger partial charge in [0.2, 0.25) is 5.88 Å². The summed E-state index contributed by atoms with van der Waals surface area (Å²) in [7, 11) is 1.63. The molecule has 0 bridgehead atoms. The fourth-order valence-electron chi connectivity index (χ4n) is 3.39. The molecule has 1 aromatic heterocycles. The molecule has 0 saturated carbocycles. The molecule has 2 atom stereocenters. The molecule has 2 aliphatic rings. The van der Waals surface area contributed by atoms with Gasteiger partial charge in [0.1, 0.15) is 12.1 Å². The molecule has 110 valence electrons. The van der Waals surface area contributed by atoms with Crippen LogP contribution in [-0.4, -0.2) is 42.4 Å². The third-order valence-corrected chi connectivity index (χ3v) is 4.56. The molecule has 2 fully saturated rings. The Bertz CT molecular complexity index is 468. The summed E-state index contributed by atoms with van der Waals surface area (Å²) in [4.78, 5) is 10.8. The quantitative estimate of drug-likeness (QED) is 0.848. The highest BCUT2D eigenvalue weighted by Crippen LogP contribution is 2.39. The molecule has 3 heterocycles. The summed E-state index contributed by atoms with van der Waals surface area (Å²) >= 11 is 0. The van der Waals surface area contributed by atoms with Crippen LogP contribution in [0, 0.1) is 5.92 Å². The lowest BCUT2D eigenvalue weighted by Crippen LogP contribution is -2.48. The zero-order valence-corrected chi connectivity index (χ0v) is 12.3. The van der Waals surface area contributed by atoms with E-state index in [1.54, 1.807) is 13.4 Å². The Morgan fingerprint density at radius 3 is 3.15 bits per heavy atom. The molecule has 0 N–H and O–H groups in total. The Morgan fingerprint density at radius 1 is 1.50 bits per heavy atom. The Morgan fingerprint density at radius 2 is 2.40 bits per heavy atom. The number of hydrogen-bond donors (Lipinski definition) is 0. The van der Waals surface area contributed by atoms with Crippen LogP contribution in [-0.2, 0) is 4.74 Å². The molecule has 2 saturated heterocycles. The van der Waals surface area contributed by atoms with E-state index in [2.05, 4.69) is 21.8 Å². The van der Waals surface area contributed by atoms with Crippen molar-refractivity contribution >= 4 is 5.82 Å². The SMILES string of the molecule is CCC1COC2(CCCN(c3cc(OC)ncn3)C2)C1. The first-order valence-corrected chi connectivity index (χ1v) is 7.49. The smallest absolute Gasteiger partial charge is 0.218 e. The molecular formula is C15H23N3O2. The van der Waals surface area contributed by atoms with Crippen molar-refractivity contribution in [3.63, 3.8) is 0 Å². The molecular weight excluding hydrogens is 254 g/mol. The van der Waals surface area contributed by atoms with Crippen molar-refractivity contribution in [2.45, 2.75) is 38.2 Å². The standard InChI is InChI=1S/C15H23N3O2/c1-3-12-8-15(20-9-12)5-4-6-18(10-15)13-7-14(19-2)17-11-16-13/h7,11-12H,3-6,8-10H2,1-2H3. The minimum Gasteiger partial charge on any atom is -0.481 e. The van der Waals surface area contributed by atoms with E-state index in [0.717, 1.165) is 37.9 Å². The average molecular weight is 277 g/mol. The van der Waals surface area contributed by atoms with Crippen LogP contribution in [0.2, 0.25) is 0 Å². The van der Waals surface area contributed by atoms with Crippen molar-refractivity contribution in [3.8, 4) is 5.88 Å². The minimum atomic E-state index is 0.0388. The first-order chi connectivity index (χ1) is 9.74. The highest BCUT2D eigenvalue weighted by molar-refractivity contribution is 5.42. The van der Waals surface area contributed by atoms with Crippen LogP contribution < -0.4 is 9.64 Å². The summed E-state index contributed by atoms with van der Waals surface area (Å²) in [5, 5.41) is 0. The highest BCUT2D eigenvalue weighted by atomic mass is 16.5. The minimum absolute atomic E-state index is 0.0388. The number of ether oxygens (including phenoxy) is 2. The van der Waals surface area contributed by atoms with E-state index in [9.17, 15) is 0 Å². The predicted molar refractivity (Wildman–Crippen MR) is 77.1 cm³/mol. The van der Waals surface area contributed by atoms with Gasteiger partial charge in [-0.3, -0.25) is 0 Å².